The largest absolute Gasteiger partial charge is 0.478 e. The van der Waals surface area contributed by atoms with Gasteiger partial charge in [-0.2, -0.15) is 5.10 Å². The molecule has 0 unspecified atom stereocenters. The van der Waals surface area contributed by atoms with Gasteiger partial charge in [0.05, 0.1) is 18.3 Å². The van der Waals surface area contributed by atoms with E-state index >= 15 is 0 Å². The highest BCUT2D eigenvalue weighted by molar-refractivity contribution is 5.86. The summed E-state index contributed by atoms with van der Waals surface area (Å²) in [6.45, 7) is 4.67. The van der Waals surface area contributed by atoms with Crippen LogP contribution < -0.4 is 0 Å². The Kier molecular flexibility index (Phi) is 12.5. The molecule has 0 amide bonds. The van der Waals surface area contributed by atoms with Gasteiger partial charge in [-0.15, -0.1) is 0 Å². The number of rotatable bonds is 3. The number of hydrogen-bond acceptors (Lipinski definition) is 3. The Hall–Kier alpha value is -2.28. The van der Waals surface area contributed by atoms with E-state index in [1.165, 1.54) is 35.6 Å². The normalized spacial score (nSPS) is 8.59. The predicted octanol–water partition coefficient (Wildman–Crippen LogP) is 3.68. The number of halogens is 2. The molecule has 2 rings (SSSR count). The summed E-state index contributed by atoms with van der Waals surface area (Å²) in [5.74, 6) is -1.30. The molecule has 0 atom stereocenters. The van der Waals surface area contributed by atoms with Crippen LogP contribution in [-0.2, 0) is 6.54 Å². The summed E-state index contributed by atoms with van der Waals surface area (Å²) in [5.41, 5.74) is 1.00. The molecule has 0 saturated carbocycles. The molecule has 0 spiro atoms. The standard InChI is InChI=1S/C11H9FN2O2.C3H8.CH4.FHO/c12-10-3-1-8(2-4-10)6-14-7-9(5-13-14)11(15)16;1-3-2;;1-2/h1-5,7H,6H2,(H,15,16);3H2,1-2H3;1H4;2H. The van der Waals surface area contributed by atoms with Gasteiger partial charge >= 0.3 is 5.97 Å². The second-order valence-electron chi connectivity index (χ2n) is 4.07. The zero-order valence-electron chi connectivity index (χ0n) is 11.8. The van der Waals surface area contributed by atoms with Gasteiger partial charge in [0.25, 0.3) is 0 Å². The minimum absolute atomic E-state index is 0. The first kappa shape index (κ1) is 22.0. The van der Waals surface area contributed by atoms with E-state index in [2.05, 4.69) is 18.9 Å². The molecule has 22 heavy (non-hydrogen) atoms. The van der Waals surface area contributed by atoms with Crippen molar-refractivity contribution in [3.05, 3.63) is 53.6 Å². The Labute approximate surface area is 128 Å². The van der Waals surface area contributed by atoms with Crippen LogP contribution in [0.25, 0.3) is 0 Å². The zero-order chi connectivity index (χ0) is 16.3. The number of aromatic nitrogens is 2. The highest BCUT2D eigenvalue weighted by atomic mass is 19.3. The summed E-state index contributed by atoms with van der Waals surface area (Å²) in [4.78, 5) is 10.6. The van der Waals surface area contributed by atoms with Gasteiger partial charge in [-0.3, -0.25) is 4.68 Å². The van der Waals surface area contributed by atoms with E-state index in [1.54, 1.807) is 12.1 Å². The van der Waals surface area contributed by atoms with Gasteiger partial charge < -0.3 is 5.11 Å². The molecule has 1 heterocycles. The number of carboxylic acid groups (broad SMARTS) is 1. The third kappa shape index (κ3) is 8.11. The van der Waals surface area contributed by atoms with Crippen molar-refractivity contribution in [2.45, 2.75) is 34.2 Å². The number of hydrogen-bond donors (Lipinski definition) is 2. The first-order valence-corrected chi connectivity index (χ1v) is 6.23. The molecule has 0 aliphatic carbocycles. The molecule has 5 nitrogen and oxygen atoms in total. The van der Waals surface area contributed by atoms with Crippen molar-refractivity contribution >= 4 is 5.97 Å². The van der Waals surface area contributed by atoms with Crippen LogP contribution >= 0.6 is 0 Å². The lowest BCUT2D eigenvalue weighted by Gasteiger charge is -2.00. The number of benzene rings is 1. The third-order valence-electron chi connectivity index (χ3n) is 2.14. The maximum Gasteiger partial charge on any atom is 0.338 e. The van der Waals surface area contributed by atoms with Crippen LogP contribution in [0.5, 0.6) is 0 Å². The third-order valence-corrected chi connectivity index (χ3v) is 2.14. The molecule has 1 aromatic carbocycles. The maximum absolute atomic E-state index is 12.6. The average Bonchev–Trinajstić information content (AvgIpc) is 2.93. The Morgan fingerprint density at radius 1 is 1.23 bits per heavy atom. The van der Waals surface area contributed by atoms with Crippen molar-refractivity contribution < 1.29 is 24.1 Å². The summed E-state index contributed by atoms with van der Waals surface area (Å²) in [6.07, 6.45) is 3.97. The topological polar surface area (TPSA) is 75.3 Å². The van der Waals surface area contributed by atoms with Crippen LogP contribution in [0.3, 0.4) is 0 Å². The lowest BCUT2D eigenvalue weighted by Crippen LogP contribution is -2.00. The first-order chi connectivity index (χ1) is 10.1. The fourth-order valence-corrected chi connectivity index (χ4v) is 1.34. The lowest BCUT2D eigenvalue weighted by atomic mass is 10.2. The molecule has 124 valence electrons. The van der Waals surface area contributed by atoms with Crippen LogP contribution in [0.2, 0.25) is 0 Å². The van der Waals surface area contributed by atoms with Crippen molar-refractivity contribution in [1.29, 1.82) is 0 Å². The Bertz CT molecular complexity index is 528. The SMILES string of the molecule is C.CCC.O=C(O)c1cnn(Cc2ccc(F)cc2)c1.OF. The van der Waals surface area contributed by atoms with Crippen LogP contribution in [-0.4, -0.2) is 26.2 Å². The molecule has 1 aromatic heterocycles. The summed E-state index contributed by atoms with van der Waals surface area (Å²) < 4.78 is 22.6. The van der Waals surface area contributed by atoms with Crippen LogP contribution in [0.4, 0.5) is 8.92 Å². The Balaban J connectivity index is 0. The number of carboxylic acids is 1. The summed E-state index contributed by atoms with van der Waals surface area (Å²) in [5, 5.41) is 18.1. The molecule has 7 heteroatoms. The molecular weight excluding hydrogens is 294 g/mol. The maximum atomic E-state index is 12.6. The van der Waals surface area contributed by atoms with Crippen molar-refractivity contribution in [3.8, 4) is 0 Å². The van der Waals surface area contributed by atoms with E-state index in [9.17, 15) is 9.18 Å². The summed E-state index contributed by atoms with van der Waals surface area (Å²) >= 11 is 0. The average molecular weight is 316 g/mol. The van der Waals surface area contributed by atoms with E-state index in [-0.39, 0.29) is 18.8 Å². The molecule has 0 saturated heterocycles. The zero-order valence-corrected chi connectivity index (χ0v) is 11.8. The van der Waals surface area contributed by atoms with Gasteiger partial charge in [-0.05, 0) is 17.7 Å². The minimum atomic E-state index is -1.01. The summed E-state index contributed by atoms with van der Waals surface area (Å²) in [6, 6.07) is 5.99. The van der Waals surface area contributed by atoms with Crippen molar-refractivity contribution in [2.24, 2.45) is 0 Å². The second kappa shape index (κ2) is 12.5. The Morgan fingerprint density at radius 3 is 2.14 bits per heavy atom. The minimum Gasteiger partial charge on any atom is -0.478 e. The van der Waals surface area contributed by atoms with E-state index in [4.69, 9.17) is 14.9 Å². The van der Waals surface area contributed by atoms with Gasteiger partial charge in [0.1, 0.15) is 5.82 Å². The molecule has 0 aliphatic heterocycles. The van der Waals surface area contributed by atoms with Crippen molar-refractivity contribution in [2.75, 3.05) is 0 Å². The van der Waals surface area contributed by atoms with Gasteiger partial charge in [-0.1, -0.05) is 44.4 Å². The summed E-state index contributed by atoms with van der Waals surface area (Å²) in [7, 11) is 0. The van der Waals surface area contributed by atoms with Crippen LogP contribution in [0.15, 0.2) is 36.7 Å². The van der Waals surface area contributed by atoms with Crippen LogP contribution in [0, 0.1) is 5.82 Å². The monoisotopic (exact) mass is 316 g/mol. The molecule has 2 N–H and O–H groups in total. The van der Waals surface area contributed by atoms with Gasteiger partial charge in [0, 0.05) is 6.20 Å². The molecule has 0 radical (unpaired) electrons. The molecule has 0 fully saturated rings. The molecule has 2 aromatic rings. The predicted molar refractivity (Wildman–Crippen MR) is 80.7 cm³/mol. The second-order valence-corrected chi connectivity index (χ2v) is 4.07. The van der Waals surface area contributed by atoms with Crippen molar-refractivity contribution in [1.82, 2.24) is 9.78 Å². The van der Waals surface area contributed by atoms with E-state index in [0.29, 0.717) is 6.54 Å². The number of aromatic carboxylic acids is 1. The van der Waals surface area contributed by atoms with Gasteiger partial charge in [-0.25, -0.2) is 14.5 Å². The van der Waals surface area contributed by atoms with Gasteiger partial charge in [0.15, 0.2) is 0 Å². The fourth-order valence-electron chi connectivity index (χ4n) is 1.34. The van der Waals surface area contributed by atoms with E-state index < -0.39 is 5.97 Å². The number of nitrogens with zero attached hydrogens (tertiary/aromatic N) is 2. The van der Waals surface area contributed by atoms with Crippen LogP contribution in [0.1, 0.15) is 43.6 Å². The van der Waals surface area contributed by atoms with E-state index in [1.807, 2.05) is 0 Å². The molecule has 0 bridgehead atoms. The van der Waals surface area contributed by atoms with E-state index in [0.717, 1.165) is 5.56 Å². The molecule has 0 aliphatic rings. The Morgan fingerprint density at radius 2 is 1.73 bits per heavy atom. The highest BCUT2D eigenvalue weighted by Crippen LogP contribution is 2.06. The number of carbonyl (C=O) groups is 1. The highest BCUT2D eigenvalue weighted by Gasteiger charge is 2.05. The smallest absolute Gasteiger partial charge is 0.338 e. The lowest BCUT2D eigenvalue weighted by molar-refractivity contribution is -0.0441. The van der Waals surface area contributed by atoms with Crippen molar-refractivity contribution in [3.63, 3.8) is 0 Å². The molecular formula is C15H22F2N2O3. The quantitative estimate of drug-likeness (QED) is 0.905. The van der Waals surface area contributed by atoms with Gasteiger partial charge in [0.2, 0.25) is 0 Å². The first-order valence-electron chi connectivity index (χ1n) is 6.23. The fraction of sp³-hybridized carbons (Fsp3) is 0.333.